The lowest BCUT2D eigenvalue weighted by atomic mass is 10.0. The molecule has 1 aromatic carbocycles. The molecule has 0 heterocycles. The van der Waals surface area contributed by atoms with Crippen LogP contribution in [0.3, 0.4) is 0 Å². The Morgan fingerprint density at radius 1 is 1.12 bits per heavy atom. The van der Waals surface area contributed by atoms with E-state index in [1.165, 1.54) is 14.0 Å². The number of ether oxygens (including phenoxy) is 1. The number of methoxy groups -OCH3 is 1. The van der Waals surface area contributed by atoms with Gasteiger partial charge in [0, 0.05) is 18.4 Å². The first-order valence-electron chi connectivity index (χ1n) is 8.13. The van der Waals surface area contributed by atoms with Crippen molar-refractivity contribution in [3.8, 4) is 0 Å². The second-order valence-corrected chi connectivity index (χ2v) is 6.67. The summed E-state index contributed by atoms with van der Waals surface area (Å²) in [6, 6.07) is 5.48. The largest absolute Gasteiger partial charge is 0.467 e. The van der Waals surface area contributed by atoms with Gasteiger partial charge in [-0.2, -0.15) is 0 Å². The van der Waals surface area contributed by atoms with Gasteiger partial charge in [0.15, 0.2) is 0 Å². The Morgan fingerprint density at radius 2 is 1.76 bits per heavy atom. The number of hydrogen-bond acceptors (Lipinski definition) is 4. The number of benzene rings is 1. The Balaban J connectivity index is 2.92. The van der Waals surface area contributed by atoms with Crippen LogP contribution in [0.15, 0.2) is 24.3 Å². The summed E-state index contributed by atoms with van der Waals surface area (Å²) in [6.07, 6.45) is 0.665. The third kappa shape index (κ3) is 7.13. The van der Waals surface area contributed by atoms with Gasteiger partial charge >= 0.3 is 5.97 Å². The van der Waals surface area contributed by atoms with Gasteiger partial charge in [-0.1, -0.05) is 43.6 Å². The van der Waals surface area contributed by atoms with Crippen LogP contribution in [-0.2, 0) is 25.5 Å². The maximum absolute atomic E-state index is 12.6. The minimum absolute atomic E-state index is 0.197. The molecule has 0 aromatic heterocycles. The smallest absolute Gasteiger partial charge is 0.328 e. The summed E-state index contributed by atoms with van der Waals surface area (Å²) in [5.74, 6) is -1.10. The highest BCUT2D eigenvalue weighted by Crippen LogP contribution is 2.17. The number of hydrogen-bond donors (Lipinski definition) is 2. The minimum Gasteiger partial charge on any atom is -0.467 e. The van der Waals surface area contributed by atoms with Gasteiger partial charge in [0.05, 0.1) is 7.11 Å². The Hall–Kier alpha value is -2.08. The molecule has 0 radical (unpaired) electrons. The first-order valence-corrected chi connectivity index (χ1v) is 8.51. The molecular formula is C18H25ClN2O4. The van der Waals surface area contributed by atoms with Gasteiger partial charge in [-0.25, -0.2) is 4.79 Å². The van der Waals surface area contributed by atoms with E-state index in [4.69, 9.17) is 16.3 Å². The van der Waals surface area contributed by atoms with Gasteiger partial charge in [-0.05, 0) is 24.0 Å². The third-order valence-corrected chi connectivity index (χ3v) is 3.95. The second-order valence-electron chi connectivity index (χ2n) is 6.26. The summed E-state index contributed by atoms with van der Waals surface area (Å²) in [6.45, 7) is 5.25. The summed E-state index contributed by atoms with van der Waals surface area (Å²) in [5, 5.41) is 5.79. The van der Waals surface area contributed by atoms with E-state index in [1.54, 1.807) is 24.3 Å². The van der Waals surface area contributed by atoms with Crippen molar-refractivity contribution in [2.24, 2.45) is 5.92 Å². The van der Waals surface area contributed by atoms with Crippen molar-refractivity contribution in [1.29, 1.82) is 0 Å². The molecule has 0 fully saturated rings. The highest BCUT2D eigenvalue weighted by atomic mass is 35.5. The normalized spacial score (nSPS) is 13.0. The maximum Gasteiger partial charge on any atom is 0.328 e. The molecule has 0 spiro atoms. The van der Waals surface area contributed by atoms with Crippen molar-refractivity contribution in [3.05, 3.63) is 34.9 Å². The summed E-state index contributed by atoms with van der Waals surface area (Å²) in [7, 11) is 1.26. The molecule has 2 N–H and O–H groups in total. The zero-order chi connectivity index (χ0) is 19.0. The molecule has 25 heavy (non-hydrogen) atoms. The number of amides is 2. The quantitative estimate of drug-likeness (QED) is 0.688. The van der Waals surface area contributed by atoms with E-state index in [0.29, 0.717) is 11.4 Å². The van der Waals surface area contributed by atoms with Gasteiger partial charge < -0.3 is 15.4 Å². The van der Waals surface area contributed by atoms with Crippen molar-refractivity contribution in [2.75, 3.05) is 7.11 Å². The molecule has 1 aromatic rings. The standard InChI is InChI=1S/C18H25ClN2O4/c1-11(2)9-15(20-12(3)22)17(23)21-16(18(24)25-4)10-13-7-5-6-8-14(13)19/h5-8,11,15-16H,9-10H2,1-4H3,(H,20,22)(H,21,23)/t15-,16+/m0/s1. The summed E-state index contributed by atoms with van der Waals surface area (Å²) in [5.41, 5.74) is 0.722. The molecule has 1 rings (SSSR count). The van der Waals surface area contributed by atoms with Crippen LogP contribution in [0.25, 0.3) is 0 Å². The SMILES string of the molecule is COC(=O)[C@@H](Cc1ccccc1Cl)NC(=O)[C@H](CC(C)C)NC(C)=O. The lowest BCUT2D eigenvalue weighted by molar-refractivity contribution is -0.145. The van der Waals surface area contributed by atoms with Crippen LogP contribution in [-0.4, -0.2) is 37.0 Å². The zero-order valence-electron chi connectivity index (χ0n) is 15.0. The molecule has 2 amide bonds. The maximum atomic E-state index is 12.6. The Bertz CT molecular complexity index is 619. The average Bonchev–Trinajstić information content (AvgIpc) is 2.53. The molecular weight excluding hydrogens is 344 g/mol. The fourth-order valence-electron chi connectivity index (χ4n) is 2.44. The fraction of sp³-hybridized carbons (Fsp3) is 0.500. The molecule has 0 saturated heterocycles. The fourth-order valence-corrected chi connectivity index (χ4v) is 2.65. The highest BCUT2D eigenvalue weighted by Gasteiger charge is 2.27. The molecule has 0 aliphatic rings. The van der Waals surface area contributed by atoms with E-state index in [1.807, 2.05) is 13.8 Å². The number of rotatable bonds is 8. The predicted molar refractivity (Wildman–Crippen MR) is 96.2 cm³/mol. The summed E-state index contributed by atoms with van der Waals surface area (Å²) in [4.78, 5) is 36.0. The van der Waals surface area contributed by atoms with E-state index in [9.17, 15) is 14.4 Å². The third-order valence-electron chi connectivity index (χ3n) is 3.59. The molecule has 0 aliphatic carbocycles. The molecule has 0 unspecified atom stereocenters. The minimum atomic E-state index is -0.888. The van der Waals surface area contributed by atoms with Gasteiger partial charge in [-0.15, -0.1) is 0 Å². The number of esters is 1. The summed E-state index contributed by atoms with van der Waals surface area (Å²) >= 11 is 6.13. The summed E-state index contributed by atoms with van der Waals surface area (Å²) < 4.78 is 4.78. The van der Waals surface area contributed by atoms with Crippen molar-refractivity contribution >= 4 is 29.4 Å². The van der Waals surface area contributed by atoms with Crippen LogP contribution in [0.1, 0.15) is 32.8 Å². The van der Waals surface area contributed by atoms with Crippen molar-refractivity contribution in [2.45, 2.75) is 45.7 Å². The topological polar surface area (TPSA) is 84.5 Å². The molecule has 0 saturated carbocycles. The van der Waals surface area contributed by atoms with Crippen LogP contribution in [0, 0.1) is 5.92 Å². The number of carbonyl (C=O) groups excluding carboxylic acids is 3. The monoisotopic (exact) mass is 368 g/mol. The van der Waals surface area contributed by atoms with Gasteiger partial charge in [0.1, 0.15) is 12.1 Å². The van der Waals surface area contributed by atoms with Crippen LogP contribution in [0.4, 0.5) is 0 Å². The molecule has 6 nitrogen and oxygen atoms in total. The number of halogens is 1. The van der Waals surface area contributed by atoms with Crippen LogP contribution >= 0.6 is 11.6 Å². The van der Waals surface area contributed by atoms with Gasteiger partial charge in [0.25, 0.3) is 0 Å². The van der Waals surface area contributed by atoms with E-state index in [2.05, 4.69) is 10.6 Å². The Kier molecular flexibility index (Phi) is 8.41. The van der Waals surface area contributed by atoms with E-state index in [-0.39, 0.29) is 18.2 Å². The Labute approximate surface area is 153 Å². The van der Waals surface area contributed by atoms with Crippen molar-refractivity contribution < 1.29 is 19.1 Å². The second kappa shape index (κ2) is 10.0. The van der Waals surface area contributed by atoms with E-state index >= 15 is 0 Å². The lowest BCUT2D eigenvalue weighted by Gasteiger charge is -2.23. The average molecular weight is 369 g/mol. The van der Waals surface area contributed by atoms with Crippen molar-refractivity contribution in [3.63, 3.8) is 0 Å². The first kappa shape index (κ1) is 21.0. The van der Waals surface area contributed by atoms with Crippen LogP contribution in [0.2, 0.25) is 5.02 Å². The number of carbonyl (C=O) groups is 3. The van der Waals surface area contributed by atoms with Crippen LogP contribution in [0.5, 0.6) is 0 Å². The van der Waals surface area contributed by atoms with E-state index < -0.39 is 24.0 Å². The molecule has 0 bridgehead atoms. The highest BCUT2D eigenvalue weighted by molar-refractivity contribution is 6.31. The number of nitrogens with one attached hydrogen (secondary N) is 2. The molecule has 7 heteroatoms. The zero-order valence-corrected chi connectivity index (χ0v) is 15.7. The molecule has 0 aliphatic heterocycles. The molecule has 138 valence electrons. The van der Waals surface area contributed by atoms with Crippen LogP contribution < -0.4 is 10.6 Å². The van der Waals surface area contributed by atoms with Gasteiger partial charge in [0.2, 0.25) is 11.8 Å². The lowest BCUT2D eigenvalue weighted by Crippen LogP contribution is -2.52. The first-order chi connectivity index (χ1) is 11.7. The Morgan fingerprint density at radius 3 is 2.28 bits per heavy atom. The van der Waals surface area contributed by atoms with E-state index in [0.717, 1.165) is 5.56 Å². The molecule has 2 atom stereocenters. The van der Waals surface area contributed by atoms with Gasteiger partial charge in [-0.3, -0.25) is 9.59 Å². The predicted octanol–water partition coefficient (Wildman–Crippen LogP) is 2.09. The van der Waals surface area contributed by atoms with Crippen molar-refractivity contribution in [1.82, 2.24) is 10.6 Å².